The molecule has 0 fully saturated rings. The summed E-state index contributed by atoms with van der Waals surface area (Å²) in [5.41, 5.74) is -0.525. The van der Waals surface area contributed by atoms with Crippen LogP contribution in [0.25, 0.3) is 5.69 Å². The smallest absolute Gasteiger partial charge is 0.258 e. The van der Waals surface area contributed by atoms with Crippen molar-refractivity contribution in [3.8, 4) is 5.69 Å². The minimum absolute atomic E-state index is 0.0148. The SMILES string of the molecule is CCS(=O)(=O)c1cc(-n2ccc(C(F)(F)F)n2)cnc1CCBr. The molecule has 5 nitrogen and oxygen atoms in total. The maximum Gasteiger partial charge on any atom is 0.435 e. The Morgan fingerprint density at radius 1 is 1.35 bits per heavy atom. The molecule has 0 aliphatic carbocycles. The monoisotopic (exact) mass is 411 g/mol. The Labute approximate surface area is 139 Å². The van der Waals surface area contributed by atoms with Gasteiger partial charge in [-0.15, -0.1) is 0 Å². The van der Waals surface area contributed by atoms with E-state index >= 15 is 0 Å². The Hall–Kier alpha value is -1.42. The lowest BCUT2D eigenvalue weighted by molar-refractivity contribution is -0.141. The number of halogens is 4. The number of aryl methyl sites for hydroxylation is 1. The van der Waals surface area contributed by atoms with Crippen molar-refractivity contribution in [2.45, 2.75) is 24.4 Å². The lowest BCUT2D eigenvalue weighted by Crippen LogP contribution is -2.12. The minimum Gasteiger partial charge on any atom is -0.258 e. The van der Waals surface area contributed by atoms with Crippen LogP contribution in [0.1, 0.15) is 18.3 Å². The molecule has 0 atom stereocenters. The topological polar surface area (TPSA) is 64.8 Å². The summed E-state index contributed by atoms with van der Waals surface area (Å²) in [5, 5.41) is 3.94. The minimum atomic E-state index is -4.56. The first-order valence-electron chi connectivity index (χ1n) is 6.60. The van der Waals surface area contributed by atoms with Crippen LogP contribution in [0.3, 0.4) is 0 Å². The molecule has 0 radical (unpaired) electrons. The predicted molar refractivity (Wildman–Crippen MR) is 81.6 cm³/mol. The average molecular weight is 412 g/mol. The molecular weight excluding hydrogens is 399 g/mol. The van der Waals surface area contributed by atoms with Crippen LogP contribution < -0.4 is 0 Å². The van der Waals surface area contributed by atoms with E-state index in [0.717, 1.165) is 16.9 Å². The number of hydrogen-bond acceptors (Lipinski definition) is 4. The molecule has 0 aliphatic rings. The Balaban J connectivity index is 2.53. The number of pyridine rings is 1. The van der Waals surface area contributed by atoms with E-state index in [1.54, 1.807) is 0 Å². The number of hydrogen-bond donors (Lipinski definition) is 0. The first-order chi connectivity index (χ1) is 10.7. The molecule has 23 heavy (non-hydrogen) atoms. The Morgan fingerprint density at radius 3 is 2.57 bits per heavy atom. The summed E-state index contributed by atoms with van der Waals surface area (Å²) < 4.78 is 63.2. The number of aromatic nitrogens is 3. The maximum atomic E-state index is 12.6. The third kappa shape index (κ3) is 3.92. The van der Waals surface area contributed by atoms with Crippen molar-refractivity contribution in [1.29, 1.82) is 0 Å². The van der Waals surface area contributed by atoms with Gasteiger partial charge in [0.05, 0.1) is 28.2 Å². The molecule has 0 bridgehead atoms. The third-order valence-electron chi connectivity index (χ3n) is 3.11. The maximum absolute atomic E-state index is 12.6. The van der Waals surface area contributed by atoms with Gasteiger partial charge in [-0.2, -0.15) is 18.3 Å². The fourth-order valence-electron chi connectivity index (χ4n) is 1.91. The second-order valence-corrected chi connectivity index (χ2v) is 7.66. The van der Waals surface area contributed by atoms with Crippen molar-refractivity contribution in [3.05, 3.63) is 35.9 Å². The fourth-order valence-corrected chi connectivity index (χ4v) is 3.41. The molecule has 2 aromatic rings. The van der Waals surface area contributed by atoms with Crippen LogP contribution in [0.15, 0.2) is 29.4 Å². The fraction of sp³-hybridized carbons (Fsp3) is 0.385. The van der Waals surface area contributed by atoms with Crippen LogP contribution in [0.5, 0.6) is 0 Å². The van der Waals surface area contributed by atoms with Crippen molar-refractivity contribution in [1.82, 2.24) is 14.8 Å². The second-order valence-electron chi connectivity index (χ2n) is 4.62. The highest BCUT2D eigenvalue weighted by molar-refractivity contribution is 9.09. The molecule has 0 aromatic carbocycles. The predicted octanol–water partition coefficient (Wildman–Crippen LogP) is 3.02. The van der Waals surface area contributed by atoms with Crippen LogP contribution in [-0.4, -0.2) is 34.3 Å². The highest BCUT2D eigenvalue weighted by atomic mass is 79.9. The number of alkyl halides is 4. The number of nitrogens with zero attached hydrogens (tertiary/aromatic N) is 3. The lowest BCUT2D eigenvalue weighted by Gasteiger charge is -2.10. The largest absolute Gasteiger partial charge is 0.435 e. The second kappa shape index (κ2) is 6.60. The summed E-state index contributed by atoms with van der Waals surface area (Å²) in [4.78, 5) is 4.09. The van der Waals surface area contributed by atoms with E-state index in [1.165, 1.54) is 19.2 Å². The van der Waals surface area contributed by atoms with Crippen LogP contribution in [0.2, 0.25) is 0 Å². The van der Waals surface area contributed by atoms with Gasteiger partial charge in [0, 0.05) is 17.9 Å². The van der Waals surface area contributed by atoms with Crippen LogP contribution in [-0.2, 0) is 22.4 Å². The molecule has 0 spiro atoms. The molecular formula is C13H13BrF3N3O2S. The van der Waals surface area contributed by atoms with Gasteiger partial charge in [-0.05, 0) is 12.1 Å². The van der Waals surface area contributed by atoms with Gasteiger partial charge in [0.25, 0.3) is 0 Å². The van der Waals surface area contributed by atoms with E-state index in [2.05, 4.69) is 26.0 Å². The van der Waals surface area contributed by atoms with Gasteiger partial charge >= 0.3 is 6.18 Å². The lowest BCUT2D eigenvalue weighted by atomic mass is 10.3. The molecule has 0 unspecified atom stereocenters. The molecule has 2 aromatic heterocycles. The Bertz CT molecular complexity index is 803. The van der Waals surface area contributed by atoms with E-state index in [9.17, 15) is 21.6 Å². The molecule has 10 heteroatoms. The summed E-state index contributed by atoms with van der Waals surface area (Å²) in [6.45, 7) is 1.50. The number of rotatable bonds is 5. The van der Waals surface area contributed by atoms with Gasteiger partial charge in [-0.3, -0.25) is 4.98 Å². The summed E-state index contributed by atoms with van der Waals surface area (Å²) in [5.74, 6) is -0.125. The first-order valence-corrected chi connectivity index (χ1v) is 9.37. The van der Waals surface area contributed by atoms with Crippen molar-refractivity contribution >= 4 is 25.8 Å². The van der Waals surface area contributed by atoms with E-state index in [4.69, 9.17) is 0 Å². The highest BCUT2D eigenvalue weighted by Gasteiger charge is 2.33. The molecule has 126 valence electrons. The zero-order valence-electron chi connectivity index (χ0n) is 12.0. The average Bonchev–Trinajstić information content (AvgIpc) is 2.98. The summed E-state index contributed by atoms with van der Waals surface area (Å²) in [6, 6.07) is 2.12. The van der Waals surface area contributed by atoms with Crippen molar-refractivity contribution < 1.29 is 21.6 Å². The molecule has 2 heterocycles. The molecule has 0 saturated carbocycles. The highest BCUT2D eigenvalue weighted by Crippen LogP contribution is 2.28. The Morgan fingerprint density at radius 2 is 2.04 bits per heavy atom. The van der Waals surface area contributed by atoms with E-state index < -0.39 is 21.7 Å². The summed E-state index contributed by atoms with van der Waals surface area (Å²) in [6.07, 6.45) is -1.75. The van der Waals surface area contributed by atoms with E-state index in [1.807, 2.05) is 0 Å². The molecule has 0 N–H and O–H groups in total. The van der Waals surface area contributed by atoms with Gasteiger partial charge in [-0.25, -0.2) is 13.1 Å². The van der Waals surface area contributed by atoms with Crippen LogP contribution >= 0.6 is 15.9 Å². The zero-order valence-corrected chi connectivity index (χ0v) is 14.4. The van der Waals surface area contributed by atoms with Gasteiger partial charge in [-0.1, -0.05) is 22.9 Å². The van der Waals surface area contributed by atoms with Crippen molar-refractivity contribution in [3.63, 3.8) is 0 Å². The van der Waals surface area contributed by atoms with Crippen molar-refractivity contribution in [2.24, 2.45) is 0 Å². The Kier molecular flexibility index (Phi) is 5.14. The van der Waals surface area contributed by atoms with Gasteiger partial charge < -0.3 is 0 Å². The summed E-state index contributed by atoms with van der Waals surface area (Å²) >= 11 is 3.22. The van der Waals surface area contributed by atoms with Crippen LogP contribution in [0, 0.1) is 0 Å². The standard InChI is InChI=1S/C13H13BrF3N3O2S/c1-2-23(21,22)11-7-9(8-18-10(11)3-5-14)20-6-4-12(19-20)13(15,16)17/h4,6-8H,2-3,5H2,1H3. The molecule has 0 aliphatic heterocycles. The van der Waals surface area contributed by atoms with Gasteiger partial charge in [0.2, 0.25) is 0 Å². The molecule has 0 amide bonds. The van der Waals surface area contributed by atoms with Gasteiger partial charge in [0.15, 0.2) is 15.5 Å². The molecule has 2 rings (SSSR count). The number of sulfone groups is 1. The zero-order chi connectivity index (χ0) is 17.3. The molecule has 0 saturated heterocycles. The van der Waals surface area contributed by atoms with Crippen LogP contribution in [0.4, 0.5) is 13.2 Å². The van der Waals surface area contributed by atoms with Gasteiger partial charge in [0.1, 0.15) is 0 Å². The quantitative estimate of drug-likeness (QED) is 0.709. The van der Waals surface area contributed by atoms with Crippen molar-refractivity contribution in [2.75, 3.05) is 11.1 Å². The van der Waals surface area contributed by atoms with E-state index in [-0.39, 0.29) is 16.3 Å². The normalized spacial score (nSPS) is 12.6. The van der Waals surface area contributed by atoms with E-state index in [0.29, 0.717) is 17.4 Å². The first kappa shape index (κ1) is 17.9. The third-order valence-corrected chi connectivity index (χ3v) is 5.29. The summed E-state index contributed by atoms with van der Waals surface area (Å²) in [7, 11) is -3.55.